The van der Waals surface area contributed by atoms with Gasteiger partial charge in [0.05, 0.1) is 52.7 Å². The van der Waals surface area contributed by atoms with Gasteiger partial charge in [-0.25, -0.2) is 9.97 Å². The number of imide groups is 1. The lowest BCUT2D eigenvalue weighted by atomic mass is 9.77. The molecule has 64 heavy (non-hydrogen) atoms. The summed E-state index contributed by atoms with van der Waals surface area (Å²) in [5.74, 6) is 0.445. The molecule has 1 unspecified atom stereocenters. The van der Waals surface area contributed by atoms with Crippen LogP contribution in [0.1, 0.15) is 86.6 Å². The second kappa shape index (κ2) is 19.3. The largest absolute Gasteiger partial charge is 0.494 e. The molecule has 3 aromatic carbocycles. The van der Waals surface area contributed by atoms with Crippen LogP contribution in [-0.2, 0) is 20.9 Å². The monoisotopic (exact) mass is 880 g/mol. The summed E-state index contributed by atoms with van der Waals surface area (Å²) in [7, 11) is 0. The maximum atomic E-state index is 14.0. The molecule has 4 aliphatic heterocycles. The molecule has 0 aliphatic carbocycles. The van der Waals surface area contributed by atoms with Gasteiger partial charge in [0.15, 0.2) is 0 Å². The number of nitrogens with zero attached hydrogens (tertiary/aromatic N) is 6. The van der Waals surface area contributed by atoms with Gasteiger partial charge in [0, 0.05) is 30.6 Å². The molecule has 0 radical (unpaired) electrons. The van der Waals surface area contributed by atoms with Crippen molar-refractivity contribution in [3.8, 4) is 28.1 Å². The molecule has 9 rings (SSSR count). The summed E-state index contributed by atoms with van der Waals surface area (Å²) in [5, 5.41) is 6.09. The molecule has 2 N–H and O–H groups in total. The van der Waals surface area contributed by atoms with E-state index in [0.717, 1.165) is 98.3 Å². The van der Waals surface area contributed by atoms with Crippen LogP contribution in [0.25, 0.3) is 22.4 Å². The number of hydrogen-bond donors (Lipinski definition) is 2. The Bertz CT molecular complexity index is 2530. The number of anilines is 3. The molecule has 5 aromatic rings. The third-order valence-corrected chi connectivity index (χ3v) is 13.5. The maximum absolute atomic E-state index is 14.0. The standard InChI is InChI=1S/C50H53ClN8O5/c51-42-32-53-49(56-45(42)36-14-10-13-35(27-36)34-11-6-5-7-12-34)54-38-29-39(31-52-30-38)58-25-21-50(48(58)63)19-23-57(24-20-50)22-8-3-1-2-4-9-26-64-40-15-16-41-37(28-40)33-59(47(41)62)43-17-18-44(60)55-46(43)61/h5-7,10-16,27-32,43H,1-4,8-9,17-26,33H2,(H,53,54,56)(H,55,60,61). The van der Waals surface area contributed by atoms with Gasteiger partial charge in [-0.2, -0.15) is 0 Å². The summed E-state index contributed by atoms with van der Waals surface area (Å²) in [6, 6.07) is 25.1. The normalized spacial score (nSPS) is 18.4. The number of carbonyl (C=O) groups is 4. The van der Waals surface area contributed by atoms with E-state index in [1.54, 1.807) is 29.6 Å². The number of hydrogen-bond acceptors (Lipinski definition) is 10. The van der Waals surface area contributed by atoms with Gasteiger partial charge in [-0.05, 0) is 105 Å². The topological polar surface area (TPSA) is 150 Å². The van der Waals surface area contributed by atoms with Crippen LogP contribution in [0.2, 0.25) is 5.02 Å². The summed E-state index contributed by atoms with van der Waals surface area (Å²) in [6.45, 7) is 4.56. The van der Waals surface area contributed by atoms with Gasteiger partial charge in [-0.1, -0.05) is 85.8 Å². The number of ether oxygens (including phenoxy) is 1. The Morgan fingerprint density at radius 1 is 0.797 bits per heavy atom. The first kappa shape index (κ1) is 43.1. The van der Waals surface area contributed by atoms with E-state index in [-0.39, 0.29) is 29.6 Å². The first-order chi connectivity index (χ1) is 31.2. The average Bonchev–Trinajstić information content (AvgIpc) is 3.81. The molecule has 0 saturated carbocycles. The van der Waals surface area contributed by atoms with Gasteiger partial charge in [-0.15, -0.1) is 0 Å². The van der Waals surface area contributed by atoms with Crippen molar-refractivity contribution in [2.24, 2.45) is 5.41 Å². The Morgan fingerprint density at radius 2 is 1.56 bits per heavy atom. The van der Waals surface area contributed by atoms with E-state index < -0.39 is 11.9 Å². The summed E-state index contributed by atoms with van der Waals surface area (Å²) < 4.78 is 6.03. The highest BCUT2D eigenvalue weighted by atomic mass is 35.5. The minimum absolute atomic E-state index is 0.176. The van der Waals surface area contributed by atoms with E-state index in [0.29, 0.717) is 54.0 Å². The molecule has 1 atom stereocenters. The number of fused-ring (bicyclic) bond motifs is 1. The number of piperidine rings is 2. The molecule has 3 saturated heterocycles. The van der Waals surface area contributed by atoms with Crippen LogP contribution < -0.4 is 20.3 Å². The lowest BCUT2D eigenvalue weighted by molar-refractivity contribution is -0.137. The average molecular weight is 881 g/mol. The zero-order chi connectivity index (χ0) is 44.0. The number of rotatable bonds is 16. The quantitative estimate of drug-likeness (QED) is 0.0729. The highest BCUT2D eigenvalue weighted by Crippen LogP contribution is 2.43. The minimum Gasteiger partial charge on any atom is -0.494 e. The van der Waals surface area contributed by atoms with Gasteiger partial charge in [0.1, 0.15) is 11.8 Å². The van der Waals surface area contributed by atoms with Crippen LogP contribution in [0, 0.1) is 5.41 Å². The van der Waals surface area contributed by atoms with E-state index in [9.17, 15) is 19.2 Å². The van der Waals surface area contributed by atoms with Crippen LogP contribution >= 0.6 is 11.6 Å². The Kier molecular flexibility index (Phi) is 13.0. The Balaban J connectivity index is 0.679. The van der Waals surface area contributed by atoms with Crippen molar-refractivity contribution >= 4 is 52.6 Å². The zero-order valence-corrected chi connectivity index (χ0v) is 36.7. The lowest BCUT2D eigenvalue weighted by Gasteiger charge is -2.38. The van der Waals surface area contributed by atoms with Gasteiger partial charge >= 0.3 is 0 Å². The summed E-state index contributed by atoms with van der Waals surface area (Å²) >= 11 is 6.61. The van der Waals surface area contributed by atoms with Gasteiger partial charge in [0.25, 0.3) is 5.91 Å². The van der Waals surface area contributed by atoms with E-state index >= 15 is 0 Å². The smallest absolute Gasteiger partial charge is 0.255 e. The van der Waals surface area contributed by atoms with Crippen LogP contribution in [0.5, 0.6) is 5.75 Å². The molecular formula is C50H53ClN8O5. The van der Waals surface area contributed by atoms with E-state index in [2.05, 4.69) is 49.8 Å². The number of amides is 4. The maximum Gasteiger partial charge on any atom is 0.255 e. The highest BCUT2D eigenvalue weighted by Gasteiger charge is 2.48. The molecule has 2 aromatic heterocycles. The van der Waals surface area contributed by atoms with Gasteiger partial charge < -0.3 is 24.8 Å². The molecule has 0 bridgehead atoms. The third-order valence-electron chi connectivity index (χ3n) is 13.2. The summed E-state index contributed by atoms with van der Waals surface area (Å²) in [5.41, 5.74) is 6.27. The third kappa shape index (κ3) is 9.51. The number of pyridine rings is 1. The fourth-order valence-corrected chi connectivity index (χ4v) is 9.79. The number of nitrogens with one attached hydrogen (secondary N) is 2. The van der Waals surface area contributed by atoms with Crippen molar-refractivity contribution in [1.29, 1.82) is 0 Å². The fourth-order valence-electron chi connectivity index (χ4n) is 9.59. The molecule has 4 aliphatic rings. The van der Waals surface area contributed by atoms with Crippen molar-refractivity contribution in [2.45, 2.75) is 83.2 Å². The van der Waals surface area contributed by atoms with Gasteiger partial charge in [-0.3, -0.25) is 29.5 Å². The molecule has 4 amide bonds. The van der Waals surface area contributed by atoms with E-state index in [1.165, 1.54) is 12.8 Å². The van der Waals surface area contributed by atoms with Crippen molar-refractivity contribution in [3.63, 3.8) is 0 Å². The number of aromatic nitrogens is 3. The number of likely N-dealkylation sites (tertiary alicyclic amines) is 1. The summed E-state index contributed by atoms with van der Waals surface area (Å²) in [6.07, 6.45) is 15.0. The molecular weight excluding hydrogens is 828 g/mol. The van der Waals surface area contributed by atoms with Crippen LogP contribution in [0.4, 0.5) is 17.3 Å². The van der Waals surface area contributed by atoms with Crippen molar-refractivity contribution in [2.75, 3.05) is 43.0 Å². The molecule has 14 heteroatoms. The van der Waals surface area contributed by atoms with Crippen molar-refractivity contribution in [3.05, 3.63) is 114 Å². The number of unbranched alkanes of at least 4 members (excludes halogenated alkanes) is 5. The predicted molar refractivity (Wildman–Crippen MR) is 246 cm³/mol. The van der Waals surface area contributed by atoms with E-state index in [1.807, 2.05) is 53.4 Å². The van der Waals surface area contributed by atoms with Crippen LogP contribution in [0.3, 0.4) is 0 Å². The number of carbonyl (C=O) groups excluding carboxylic acids is 4. The second-order valence-electron chi connectivity index (χ2n) is 17.4. The molecule has 6 heterocycles. The van der Waals surface area contributed by atoms with Crippen molar-refractivity contribution in [1.82, 2.24) is 30.1 Å². The first-order valence-electron chi connectivity index (χ1n) is 22.6. The minimum atomic E-state index is -0.619. The zero-order valence-electron chi connectivity index (χ0n) is 35.9. The fraction of sp³-hybridized carbons (Fsp3) is 0.380. The van der Waals surface area contributed by atoms with Gasteiger partial charge in [0.2, 0.25) is 23.7 Å². The second-order valence-corrected chi connectivity index (χ2v) is 17.8. The SMILES string of the molecule is O=C1CCC(N2Cc3cc(OCCCCCCCCN4CCC5(CC4)CCN(c4cncc(Nc6ncc(Cl)c(-c7cccc(-c8ccccc8)c7)n6)c4)C5=O)ccc3C2=O)C(=O)N1. The van der Waals surface area contributed by atoms with E-state index in [4.69, 9.17) is 21.3 Å². The molecule has 13 nitrogen and oxygen atoms in total. The molecule has 330 valence electrons. The predicted octanol–water partition coefficient (Wildman–Crippen LogP) is 8.60. The Morgan fingerprint density at radius 3 is 2.39 bits per heavy atom. The molecule has 1 spiro atoms. The first-order valence-corrected chi connectivity index (χ1v) is 23.0. The highest BCUT2D eigenvalue weighted by molar-refractivity contribution is 6.33. The van der Waals surface area contributed by atoms with Crippen LogP contribution in [0.15, 0.2) is 97.5 Å². The lowest BCUT2D eigenvalue weighted by Crippen LogP contribution is -2.52. The molecule has 3 fully saturated rings. The Labute approximate surface area is 378 Å². The Hall–Kier alpha value is -6.18. The number of benzene rings is 3. The van der Waals surface area contributed by atoms with Crippen molar-refractivity contribution < 1.29 is 23.9 Å². The number of halogens is 1. The summed E-state index contributed by atoms with van der Waals surface area (Å²) in [4.78, 5) is 70.6. The van der Waals surface area contributed by atoms with Crippen LogP contribution in [-0.4, -0.2) is 87.2 Å².